The normalized spacial score (nSPS) is 13.5. The Morgan fingerprint density at radius 1 is 1.19 bits per heavy atom. The van der Waals surface area contributed by atoms with Crippen LogP contribution in [-0.4, -0.2) is 25.4 Å². The largest absolute Gasteiger partial charge is 0.497 e. The molecule has 0 aromatic heterocycles. The second kappa shape index (κ2) is 6.10. The van der Waals surface area contributed by atoms with E-state index in [1.54, 1.807) is 23.8 Å². The van der Waals surface area contributed by atoms with Crippen molar-refractivity contribution in [2.45, 2.75) is 4.90 Å². The average Bonchev–Trinajstić information content (AvgIpc) is 2.55. The van der Waals surface area contributed by atoms with Crippen LogP contribution in [0.4, 0.5) is 16.2 Å². The molecule has 108 valence electrons. The summed E-state index contributed by atoms with van der Waals surface area (Å²) in [4.78, 5) is 15.4. The van der Waals surface area contributed by atoms with Gasteiger partial charge in [0.1, 0.15) is 5.75 Å². The molecular formula is C16H16N2O2S. The minimum atomic E-state index is -0.104. The molecule has 0 spiro atoms. The smallest absolute Gasteiger partial charge is 0.326 e. The van der Waals surface area contributed by atoms with Gasteiger partial charge in [-0.3, -0.25) is 4.90 Å². The number of fused-ring (bicyclic) bond motifs is 1. The number of ether oxygens (including phenoxy) is 1. The van der Waals surface area contributed by atoms with E-state index in [4.69, 9.17) is 4.74 Å². The fraction of sp³-hybridized carbons (Fsp3) is 0.188. The van der Waals surface area contributed by atoms with E-state index in [1.165, 1.54) is 0 Å². The number of amides is 2. The number of hydrogen-bond acceptors (Lipinski definition) is 3. The second-order valence-corrected chi connectivity index (χ2v) is 5.76. The van der Waals surface area contributed by atoms with E-state index in [1.807, 2.05) is 48.5 Å². The molecule has 4 nitrogen and oxygen atoms in total. The molecule has 1 aliphatic heterocycles. The van der Waals surface area contributed by atoms with E-state index in [2.05, 4.69) is 5.32 Å². The van der Waals surface area contributed by atoms with Crippen molar-refractivity contribution in [2.75, 3.05) is 29.6 Å². The highest BCUT2D eigenvalue weighted by Gasteiger charge is 2.22. The van der Waals surface area contributed by atoms with Crippen molar-refractivity contribution < 1.29 is 9.53 Å². The fourth-order valence-electron chi connectivity index (χ4n) is 2.25. The summed E-state index contributed by atoms with van der Waals surface area (Å²) in [7, 11) is 1.62. The van der Waals surface area contributed by atoms with Crippen molar-refractivity contribution in [3.05, 3.63) is 48.5 Å². The molecule has 0 atom stereocenters. The van der Waals surface area contributed by atoms with Gasteiger partial charge in [-0.2, -0.15) is 0 Å². The van der Waals surface area contributed by atoms with Crippen molar-refractivity contribution >= 4 is 29.2 Å². The van der Waals surface area contributed by atoms with E-state index < -0.39 is 0 Å². The molecular weight excluding hydrogens is 284 g/mol. The molecule has 0 fully saturated rings. The maximum absolute atomic E-state index is 12.5. The molecule has 2 aromatic carbocycles. The topological polar surface area (TPSA) is 41.6 Å². The highest BCUT2D eigenvalue weighted by molar-refractivity contribution is 7.99. The zero-order valence-electron chi connectivity index (χ0n) is 11.7. The lowest BCUT2D eigenvalue weighted by Gasteiger charge is -2.29. The van der Waals surface area contributed by atoms with Crippen LogP contribution in [0.25, 0.3) is 0 Å². The Kier molecular flexibility index (Phi) is 4.01. The minimum absolute atomic E-state index is 0.104. The number of hydrogen-bond donors (Lipinski definition) is 1. The van der Waals surface area contributed by atoms with Crippen molar-refractivity contribution in [1.82, 2.24) is 0 Å². The van der Waals surface area contributed by atoms with Gasteiger partial charge in [-0.15, -0.1) is 11.8 Å². The van der Waals surface area contributed by atoms with Gasteiger partial charge in [-0.1, -0.05) is 12.1 Å². The predicted octanol–water partition coefficient (Wildman–Crippen LogP) is 3.84. The zero-order chi connectivity index (χ0) is 14.7. The molecule has 3 rings (SSSR count). The van der Waals surface area contributed by atoms with Gasteiger partial charge in [-0.05, 0) is 36.4 Å². The van der Waals surface area contributed by atoms with Crippen LogP contribution < -0.4 is 15.0 Å². The first kappa shape index (κ1) is 13.8. The molecule has 1 heterocycles. The summed E-state index contributed by atoms with van der Waals surface area (Å²) in [6.07, 6.45) is 0. The van der Waals surface area contributed by atoms with Crippen molar-refractivity contribution in [1.29, 1.82) is 0 Å². The highest BCUT2D eigenvalue weighted by Crippen LogP contribution is 2.34. The summed E-state index contributed by atoms with van der Waals surface area (Å²) in [5, 5.41) is 2.93. The van der Waals surface area contributed by atoms with Crippen LogP contribution in [0, 0.1) is 0 Å². The summed E-state index contributed by atoms with van der Waals surface area (Å²) >= 11 is 1.78. The Bertz CT molecular complexity index is 643. The Morgan fingerprint density at radius 3 is 2.71 bits per heavy atom. The number of carbonyl (C=O) groups excluding carboxylic acids is 1. The van der Waals surface area contributed by atoms with Gasteiger partial charge >= 0.3 is 6.03 Å². The molecule has 0 unspecified atom stereocenters. The molecule has 2 aromatic rings. The number of benzene rings is 2. The summed E-state index contributed by atoms with van der Waals surface area (Å²) in [5.74, 6) is 1.68. The number of para-hydroxylation sites is 1. The number of nitrogens with one attached hydrogen (secondary N) is 1. The minimum Gasteiger partial charge on any atom is -0.497 e. The van der Waals surface area contributed by atoms with E-state index in [-0.39, 0.29) is 6.03 Å². The summed E-state index contributed by atoms with van der Waals surface area (Å²) in [6, 6.07) is 15.2. The first-order valence-electron chi connectivity index (χ1n) is 6.72. The van der Waals surface area contributed by atoms with Crippen LogP contribution in [0.5, 0.6) is 5.75 Å². The van der Waals surface area contributed by atoms with Crippen LogP contribution in [0.3, 0.4) is 0 Å². The maximum Gasteiger partial charge on any atom is 0.326 e. The third kappa shape index (κ3) is 2.97. The van der Waals surface area contributed by atoms with Gasteiger partial charge in [-0.25, -0.2) is 4.79 Å². The number of methoxy groups -OCH3 is 1. The third-order valence-electron chi connectivity index (χ3n) is 3.31. The molecule has 1 N–H and O–H groups in total. The first-order valence-corrected chi connectivity index (χ1v) is 7.71. The van der Waals surface area contributed by atoms with Crippen molar-refractivity contribution in [3.8, 4) is 5.75 Å². The molecule has 0 aliphatic carbocycles. The number of thioether (sulfide) groups is 1. The van der Waals surface area contributed by atoms with Crippen LogP contribution in [0.1, 0.15) is 0 Å². The molecule has 5 heteroatoms. The molecule has 0 saturated carbocycles. The molecule has 21 heavy (non-hydrogen) atoms. The van der Waals surface area contributed by atoms with E-state index in [0.29, 0.717) is 6.54 Å². The monoisotopic (exact) mass is 300 g/mol. The lowest BCUT2D eigenvalue weighted by atomic mass is 10.2. The summed E-state index contributed by atoms with van der Waals surface area (Å²) in [5.41, 5.74) is 1.73. The fourth-order valence-corrected chi connectivity index (χ4v) is 3.24. The Balaban J connectivity index is 1.76. The second-order valence-electron chi connectivity index (χ2n) is 4.63. The van der Waals surface area contributed by atoms with Crippen LogP contribution in [0.15, 0.2) is 53.4 Å². The van der Waals surface area contributed by atoms with Crippen LogP contribution >= 0.6 is 11.8 Å². The first-order chi connectivity index (χ1) is 10.3. The molecule has 0 radical (unpaired) electrons. The SMILES string of the molecule is COc1ccc(NC(=O)N2CCSc3ccccc32)cc1. The Morgan fingerprint density at radius 2 is 1.95 bits per heavy atom. The van der Waals surface area contributed by atoms with Crippen molar-refractivity contribution in [3.63, 3.8) is 0 Å². The molecule has 0 bridgehead atoms. The Labute approximate surface area is 128 Å². The molecule has 1 aliphatic rings. The van der Waals surface area contributed by atoms with Crippen LogP contribution in [-0.2, 0) is 0 Å². The van der Waals surface area contributed by atoms with E-state index >= 15 is 0 Å². The molecule has 2 amide bonds. The Hall–Kier alpha value is -2.14. The van der Waals surface area contributed by atoms with Gasteiger partial charge in [0.15, 0.2) is 0 Å². The standard InChI is InChI=1S/C16H16N2O2S/c1-20-13-8-6-12(7-9-13)17-16(19)18-10-11-21-15-5-3-2-4-14(15)18/h2-9H,10-11H2,1H3,(H,17,19). The highest BCUT2D eigenvalue weighted by atomic mass is 32.2. The number of rotatable bonds is 2. The molecule has 0 saturated heterocycles. The lowest BCUT2D eigenvalue weighted by molar-refractivity contribution is 0.257. The van der Waals surface area contributed by atoms with Gasteiger partial charge in [0.25, 0.3) is 0 Å². The number of carbonyl (C=O) groups is 1. The van der Waals surface area contributed by atoms with Gasteiger partial charge in [0.2, 0.25) is 0 Å². The van der Waals surface area contributed by atoms with Gasteiger partial charge < -0.3 is 10.1 Å². The number of anilines is 2. The third-order valence-corrected chi connectivity index (χ3v) is 4.36. The zero-order valence-corrected chi connectivity index (χ0v) is 12.5. The van der Waals surface area contributed by atoms with Crippen molar-refractivity contribution in [2.24, 2.45) is 0 Å². The average molecular weight is 300 g/mol. The summed E-state index contributed by atoms with van der Waals surface area (Å²) < 4.78 is 5.11. The van der Waals surface area contributed by atoms with Crippen LogP contribution in [0.2, 0.25) is 0 Å². The maximum atomic E-state index is 12.5. The van der Waals surface area contributed by atoms with Gasteiger partial charge in [0.05, 0.1) is 12.8 Å². The van der Waals surface area contributed by atoms with E-state index in [9.17, 15) is 4.79 Å². The predicted molar refractivity (Wildman–Crippen MR) is 86.5 cm³/mol. The quantitative estimate of drug-likeness (QED) is 0.916. The van der Waals surface area contributed by atoms with Gasteiger partial charge in [0, 0.05) is 22.9 Å². The lowest BCUT2D eigenvalue weighted by Crippen LogP contribution is -2.38. The summed E-state index contributed by atoms with van der Waals surface area (Å²) in [6.45, 7) is 0.712. The number of nitrogens with zero attached hydrogens (tertiary/aromatic N) is 1. The number of urea groups is 1. The van der Waals surface area contributed by atoms with E-state index in [0.717, 1.165) is 27.8 Å².